The van der Waals surface area contributed by atoms with Crippen molar-refractivity contribution in [1.29, 1.82) is 0 Å². The van der Waals surface area contributed by atoms with Gasteiger partial charge >= 0.3 is 0 Å². The number of aromatic nitrogens is 2. The van der Waals surface area contributed by atoms with Crippen molar-refractivity contribution in [1.82, 2.24) is 14.7 Å². The Hall–Kier alpha value is -1.44. The van der Waals surface area contributed by atoms with Crippen LogP contribution in [0, 0.1) is 0 Å². The van der Waals surface area contributed by atoms with E-state index in [4.69, 9.17) is 5.11 Å². The van der Waals surface area contributed by atoms with E-state index in [0.717, 1.165) is 0 Å². The first-order valence-corrected chi connectivity index (χ1v) is 7.09. The van der Waals surface area contributed by atoms with Gasteiger partial charge in [0.2, 0.25) is 10.0 Å². The van der Waals surface area contributed by atoms with Gasteiger partial charge in [0.1, 0.15) is 10.5 Å². The molecular weight excluding hydrogens is 254 g/mol. The highest BCUT2D eigenvalue weighted by Crippen LogP contribution is 2.20. The second kappa shape index (κ2) is 5.05. The molecule has 0 amide bonds. The molecule has 6 nitrogen and oxygen atoms in total. The van der Waals surface area contributed by atoms with Gasteiger partial charge in [-0.15, -0.1) is 0 Å². The summed E-state index contributed by atoms with van der Waals surface area (Å²) >= 11 is 0. The van der Waals surface area contributed by atoms with E-state index in [-0.39, 0.29) is 11.4 Å². The molecule has 7 heteroatoms. The first-order chi connectivity index (χ1) is 8.50. The van der Waals surface area contributed by atoms with E-state index in [1.54, 1.807) is 25.3 Å². The number of pyridine rings is 1. The van der Waals surface area contributed by atoms with Crippen LogP contribution in [-0.4, -0.2) is 36.1 Å². The number of sulfonamides is 1. The van der Waals surface area contributed by atoms with Gasteiger partial charge in [-0.1, -0.05) is 0 Å². The lowest BCUT2D eigenvalue weighted by atomic mass is 10.3. The van der Waals surface area contributed by atoms with Gasteiger partial charge in [0, 0.05) is 24.3 Å². The average Bonchev–Trinajstić information content (AvgIpc) is 2.72. The minimum absolute atomic E-state index is 0.177. The fourth-order valence-electron chi connectivity index (χ4n) is 1.63. The molecule has 2 aromatic heterocycles. The van der Waals surface area contributed by atoms with Crippen LogP contribution in [0.3, 0.4) is 0 Å². The minimum atomic E-state index is -3.57. The van der Waals surface area contributed by atoms with Crippen LogP contribution in [0.4, 0.5) is 0 Å². The maximum Gasteiger partial charge on any atom is 0.242 e. The lowest BCUT2D eigenvalue weighted by Crippen LogP contribution is -2.26. The Morgan fingerprint density at radius 1 is 1.56 bits per heavy atom. The number of aliphatic hydroxyl groups excluding tert-OH is 1. The number of H-pyrrole nitrogens is 1. The van der Waals surface area contributed by atoms with Crippen LogP contribution in [0.5, 0.6) is 0 Å². The molecule has 3 N–H and O–H groups in total. The van der Waals surface area contributed by atoms with E-state index < -0.39 is 16.1 Å². The summed E-state index contributed by atoms with van der Waals surface area (Å²) in [5.74, 6) is 0. The van der Waals surface area contributed by atoms with E-state index in [1.807, 2.05) is 0 Å². The van der Waals surface area contributed by atoms with Crippen molar-refractivity contribution >= 4 is 21.1 Å². The summed E-state index contributed by atoms with van der Waals surface area (Å²) in [4.78, 5) is 7.03. The number of fused-ring (bicyclic) bond motifs is 1. The predicted molar refractivity (Wildman–Crippen MR) is 67.6 cm³/mol. The van der Waals surface area contributed by atoms with Gasteiger partial charge < -0.3 is 10.1 Å². The van der Waals surface area contributed by atoms with Crippen LogP contribution in [0.15, 0.2) is 29.4 Å². The van der Waals surface area contributed by atoms with Crippen LogP contribution < -0.4 is 4.72 Å². The Bertz CT molecular complexity index is 634. The van der Waals surface area contributed by atoms with E-state index in [1.165, 1.54) is 6.20 Å². The number of hydrogen-bond acceptors (Lipinski definition) is 4. The smallest absolute Gasteiger partial charge is 0.242 e. The maximum absolute atomic E-state index is 12.0. The summed E-state index contributed by atoms with van der Waals surface area (Å²) in [6.07, 6.45) is 2.86. The number of aliphatic hydroxyl groups is 1. The lowest BCUT2D eigenvalue weighted by Gasteiger charge is -2.06. The molecule has 0 spiro atoms. The highest BCUT2D eigenvalue weighted by atomic mass is 32.2. The fraction of sp³-hybridized carbons (Fsp3) is 0.364. The molecule has 98 valence electrons. The number of nitrogens with zero attached hydrogens (tertiary/aromatic N) is 1. The summed E-state index contributed by atoms with van der Waals surface area (Å²) in [5.41, 5.74) is 0.536. The van der Waals surface area contributed by atoms with Crippen molar-refractivity contribution < 1.29 is 13.5 Å². The molecule has 0 aliphatic carbocycles. The molecule has 2 aromatic rings. The Morgan fingerprint density at radius 3 is 3.06 bits per heavy atom. The van der Waals surface area contributed by atoms with Gasteiger partial charge in [-0.25, -0.2) is 18.1 Å². The fourth-order valence-corrected chi connectivity index (χ4v) is 2.84. The Labute approximate surface area is 105 Å². The third-order valence-corrected chi connectivity index (χ3v) is 4.06. The molecule has 0 bridgehead atoms. The lowest BCUT2D eigenvalue weighted by molar-refractivity contribution is 0.186. The maximum atomic E-state index is 12.0. The van der Waals surface area contributed by atoms with Gasteiger partial charge in [-0.2, -0.15) is 0 Å². The number of hydrogen-bond donors (Lipinski definition) is 3. The summed E-state index contributed by atoms with van der Waals surface area (Å²) in [6.45, 7) is 1.82. The average molecular weight is 269 g/mol. The molecule has 0 fully saturated rings. The zero-order valence-electron chi connectivity index (χ0n) is 9.92. The van der Waals surface area contributed by atoms with E-state index in [0.29, 0.717) is 17.5 Å². The molecular formula is C11H15N3O3S. The predicted octanol–water partition coefficient (Wildman–Crippen LogP) is 0.612. The molecule has 0 radical (unpaired) electrons. The van der Waals surface area contributed by atoms with E-state index >= 15 is 0 Å². The van der Waals surface area contributed by atoms with Gasteiger partial charge in [0.15, 0.2) is 0 Å². The standard InChI is InChI=1S/C11H15N3O3S/c1-8(15)4-6-14-18(16,17)10-7-13-11-9(10)3-2-5-12-11/h2-3,5,7-8,14-15H,4,6H2,1H3,(H,12,13). The molecule has 2 heterocycles. The van der Waals surface area contributed by atoms with Gasteiger partial charge in [-0.05, 0) is 25.5 Å². The van der Waals surface area contributed by atoms with Crippen LogP contribution >= 0.6 is 0 Å². The third-order valence-electron chi connectivity index (χ3n) is 2.56. The summed E-state index contributed by atoms with van der Waals surface area (Å²) < 4.78 is 26.5. The normalized spacial score (nSPS) is 13.9. The van der Waals surface area contributed by atoms with E-state index in [9.17, 15) is 8.42 Å². The van der Waals surface area contributed by atoms with Gasteiger partial charge in [0.05, 0.1) is 6.10 Å². The molecule has 1 unspecified atom stereocenters. The number of aromatic amines is 1. The molecule has 1 atom stereocenters. The van der Waals surface area contributed by atoms with Gasteiger partial charge in [-0.3, -0.25) is 0 Å². The van der Waals surface area contributed by atoms with E-state index in [2.05, 4.69) is 14.7 Å². The second-order valence-electron chi connectivity index (χ2n) is 4.09. The van der Waals surface area contributed by atoms with Crippen molar-refractivity contribution in [2.75, 3.05) is 6.54 Å². The largest absolute Gasteiger partial charge is 0.393 e. The molecule has 0 aliphatic heterocycles. The van der Waals surface area contributed by atoms with Crippen LogP contribution in [0.2, 0.25) is 0 Å². The van der Waals surface area contributed by atoms with Crippen LogP contribution in [0.1, 0.15) is 13.3 Å². The number of nitrogens with one attached hydrogen (secondary N) is 2. The summed E-state index contributed by atoms with van der Waals surface area (Å²) in [5, 5.41) is 9.66. The highest BCUT2D eigenvalue weighted by Gasteiger charge is 2.18. The first-order valence-electron chi connectivity index (χ1n) is 5.60. The van der Waals surface area contributed by atoms with Gasteiger partial charge in [0.25, 0.3) is 0 Å². The Kier molecular flexibility index (Phi) is 3.65. The second-order valence-corrected chi connectivity index (χ2v) is 5.82. The van der Waals surface area contributed by atoms with Crippen molar-refractivity contribution in [3.8, 4) is 0 Å². The van der Waals surface area contributed by atoms with Crippen molar-refractivity contribution in [2.45, 2.75) is 24.3 Å². The zero-order valence-corrected chi connectivity index (χ0v) is 10.7. The highest BCUT2D eigenvalue weighted by molar-refractivity contribution is 7.89. The monoisotopic (exact) mass is 269 g/mol. The Morgan fingerprint density at radius 2 is 2.33 bits per heavy atom. The molecule has 0 aliphatic rings. The molecule has 0 saturated heterocycles. The Balaban J connectivity index is 2.24. The summed E-state index contributed by atoms with van der Waals surface area (Å²) in [6, 6.07) is 3.38. The molecule has 0 saturated carbocycles. The number of rotatable bonds is 5. The first kappa shape index (κ1) is 13.0. The minimum Gasteiger partial charge on any atom is -0.393 e. The topological polar surface area (TPSA) is 95.1 Å². The van der Waals surface area contributed by atoms with Crippen LogP contribution in [0.25, 0.3) is 11.0 Å². The molecule has 0 aromatic carbocycles. The summed E-state index contributed by atoms with van der Waals surface area (Å²) in [7, 11) is -3.57. The SMILES string of the molecule is CC(O)CCNS(=O)(=O)c1c[nH]c2ncccc12. The van der Waals surface area contributed by atoms with Crippen molar-refractivity contribution in [3.63, 3.8) is 0 Å². The quantitative estimate of drug-likeness (QED) is 0.741. The van der Waals surface area contributed by atoms with Crippen molar-refractivity contribution in [3.05, 3.63) is 24.5 Å². The molecule has 18 heavy (non-hydrogen) atoms. The third kappa shape index (κ3) is 2.69. The molecule has 2 rings (SSSR count). The van der Waals surface area contributed by atoms with Crippen LogP contribution in [-0.2, 0) is 10.0 Å². The van der Waals surface area contributed by atoms with Crippen molar-refractivity contribution in [2.24, 2.45) is 0 Å². The zero-order chi connectivity index (χ0) is 13.2.